The Balaban J connectivity index is 1.73. The van der Waals surface area contributed by atoms with Crippen molar-refractivity contribution < 1.29 is 9.59 Å². The maximum Gasteiger partial charge on any atom is 0.246 e. The molecule has 1 fully saturated rings. The van der Waals surface area contributed by atoms with Gasteiger partial charge in [0.05, 0.1) is 5.88 Å². The zero-order chi connectivity index (χ0) is 14.8. The van der Waals surface area contributed by atoms with E-state index in [0.29, 0.717) is 18.8 Å². The molecule has 112 valence electrons. The molecule has 4 nitrogen and oxygen atoms in total. The van der Waals surface area contributed by atoms with Crippen molar-refractivity contribution in [2.45, 2.75) is 32.4 Å². The molecule has 1 saturated heterocycles. The van der Waals surface area contributed by atoms with Crippen LogP contribution in [0.1, 0.15) is 24.5 Å². The molecule has 5 heteroatoms. The number of amides is 2. The summed E-state index contributed by atoms with van der Waals surface area (Å²) < 4.78 is 0. The van der Waals surface area contributed by atoms with Gasteiger partial charge < -0.3 is 9.80 Å². The van der Waals surface area contributed by atoms with Crippen molar-refractivity contribution in [2.24, 2.45) is 0 Å². The SMILES string of the molecule is CCC(=O)N1CSC[C@H]1C(=O)N1CCc2ccccc2C1. The summed E-state index contributed by atoms with van der Waals surface area (Å²) in [4.78, 5) is 28.4. The lowest BCUT2D eigenvalue weighted by Crippen LogP contribution is -2.50. The van der Waals surface area contributed by atoms with Crippen molar-refractivity contribution >= 4 is 23.6 Å². The Morgan fingerprint density at radius 2 is 2.05 bits per heavy atom. The van der Waals surface area contributed by atoms with Gasteiger partial charge in [0.1, 0.15) is 6.04 Å². The van der Waals surface area contributed by atoms with Gasteiger partial charge in [0.2, 0.25) is 11.8 Å². The minimum Gasteiger partial charge on any atom is -0.336 e. The summed E-state index contributed by atoms with van der Waals surface area (Å²) in [5, 5.41) is 0. The molecule has 0 bridgehead atoms. The van der Waals surface area contributed by atoms with Gasteiger partial charge in [-0.1, -0.05) is 31.2 Å². The van der Waals surface area contributed by atoms with Crippen molar-refractivity contribution in [3.05, 3.63) is 35.4 Å². The van der Waals surface area contributed by atoms with E-state index in [1.807, 2.05) is 24.0 Å². The van der Waals surface area contributed by atoms with Gasteiger partial charge in [-0.25, -0.2) is 0 Å². The third-order valence-corrected chi connectivity index (χ3v) is 5.24. The standard InChI is InChI=1S/C16H20N2O2S/c1-2-15(19)18-11-21-10-14(18)16(20)17-8-7-12-5-3-4-6-13(12)9-17/h3-6,14H,2,7-11H2,1H3/t14-/m0/s1. The van der Waals surface area contributed by atoms with E-state index >= 15 is 0 Å². The first-order valence-corrected chi connectivity index (χ1v) is 8.59. The van der Waals surface area contributed by atoms with Gasteiger partial charge in [0, 0.05) is 25.3 Å². The molecule has 1 atom stereocenters. The first kappa shape index (κ1) is 14.4. The van der Waals surface area contributed by atoms with Crippen LogP contribution in [0.25, 0.3) is 0 Å². The topological polar surface area (TPSA) is 40.6 Å². The average molecular weight is 304 g/mol. The summed E-state index contributed by atoms with van der Waals surface area (Å²) in [6.07, 6.45) is 1.37. The van der Waals surface area contributed by atoms with E-state index in [9.17, 15) is 9.59 Å². The molecule has 1 aromatic rings. The molecule has 0 N–H and O–H groups in total. The average Bonchev–Trinajstić information content (AvgIpc) is 3.02. The Labute approximate surface area is 129 Å². The zero-order valence-corrected chi connectivity index (χ0v) is 13.1. The molecule has 2 heterocycles. The lowest BCUT2D eigenvalue weighted by Gasteiger charge is -2.33. The van der Waals surface area contributed by atoms with Gasteiger partial charge in [-0.15, -0.1) is 11.8 Å². The number of carbonyl (C=O) groups excluding carboxylic acids is 2. The summed E-state index contributed by atoms with van der Waals surface area (Å²) in [6, 6.07) is 8.02. The highest BCUT2D eigenvalue weighted by atomic mass is 32.2. The number of rotatable bonds is 2. The quantitative estimate of drug-likeness (QED) is 0.838. The fourth-order valence-corrected chi connectivity index (χ4v) is 4.16. The minimum absolute atomic E-state index is 0.0794. The molecule has 0 saturated carbocycles. The van der Waals surface area contributed by atoms with Gasteiger partial charge in [-0.05, 0) is 17.5 Å². The number of carbonyl (C=O) groups is 2. The van der Waals surface area contributed by atoms with Crippen LogP contribution in [0, 0.1) is 0 Å². The van der Waals surface area contributed by atoms with E-state index in [0.717, 1.165) is 18.7 Å². The maximum absolute atomic E-state index is 12.8. The highest BCUT2D eigenvalue weighted by Crippen LogP contribution is 2.26. The molecule has 0 aromatic heterocycles. The Kier molecular flexibility index (Phi) is 4.19. The Morgan fingerprint density at radius 3 is 2.81 bits per heavy atom. The summed E-state index contributed by atoms with van der Waals surface area (Å²) in [6.45, 7) is 3.28. The van der Waals surface area contributed by atoms with Gasteiger partial charge in [0.25, 0.3) is 0 Å². The number of hydrogen-bond donors (Lipinski definition) is 0. The number of fused-ring (bicyclic) bond motifs is 1. The Morgan fingerprint density at radius 1 is 1.29 bits per heavy atom. The molecule has 0 spiro atoms. The lowest BCUT2D eigenvalue weighted by molar-refractivity contribution is -0.143. The van der Waals surface area contributed by atoms with E-state index in [1.54, 1.807) is 16.7 Å². The molecule has 3 rings (SSSR count). The normalized spacial score (nSPS) is 21.3. The van der Waals surface area contributed by atoms with Crippen molar-refractivity contribution in [3.63, 3.8) is 0 Å². The minimum atomic E-state index is -0.271. The highest BCUT2D eigenvalue weighted by molar-refractivity contribution is 7.99. The second kappa shape index (κ2) is 6.10. The first-order chi connectivity index (χ1) is 10.2. The molecular formula is C16H20N2O2S. The fourth-order valence-electron chi connectivity index (χ4n) is 2.99. The maximum atomic E-state index is 12.8. The number of hydrogen-bond acceptors (Lipinski definition) is 3. The van der Waals surface area contributed by atoms with E-state index in [4.69, 9.17) is 0 Å². The van der Waals surface area contributed by atoms with Crippen LogP contribution in [-0.2, 0) is 22.6 Å². The van der Waals surface area contributed by atoms with Crippen LogP contribution in [0.3, 0.4) is 0 Å². The largest absolute Gasteiger partial charge is 0.336 e. The molecule has 0 radical (unpaired) electrons. The smallest absolute Gasteiger partial charge is 0.246 e. The monoisotopic (exact) mass is 304 g/mol. The summed E-state index contributed by atoms with van der Waals surface area (Å²) in [7, 11) is 0. The molecule has 21 heavy (non-hydrogen) atoms. The van der Waals surface area contributed by atoms with Crippen LogP contribution >= 0.6 is 11.8 Å². The highest BCUT2D eigenvalue weighted by Gasteiger charge is 2.37. The Hall–Kier alpha value is -1.49. The van der Waals surface area contributed by atoms with Crippen molar-refractivity contribution in [3.8, 4) is 0 Å². The van der Waals surface area contributed by atoms with Crippen LogP contribution in [0.2, 0.25) is 0 Å². The van der Waals surface area contributed by atoms with E-state index < -0.39 is 0 Å². The zero-order valence-electron chi connectivity index (χ0n) is 12.2. The van der Waals surface area contributed by atoms with E-state index in [1.165, 1.54) is 11.1 Å². The third kappa shape index (κ3) is 2.79. The summed E-state index contributed by atoms with van der Waals surface area (Å²) in [5.74, 6) is 1.56. The molecule has 2 amide bonds. The molecule has 0 unspecified atom stereocenters. The molecule has 1 aromatic carbocycles. The molecule has 2 aliphatic rings. The summed E-state index contributed by atoms with van der Waals surface area (Å²) in [5.41, 5.74) is 2.57. The predicted molar refractivity (Wildman–Crippen MR) is 83.8 cm³/mol. The lowest BCUT2D eigenvalue weighted by atomic mass is 9.99. The van der Waals surface area contributed by atoms with E-state index in [-0.39, 0.29) is 17.9 Å². The number of thioether (sulfide) groups is 1. The third-order valence-electron chi connectivity index (χ3n) is 4.23. The van der Waals surface area contributed by atoms with Crippen molar-refractivity contribution in [2.75, 3.05) is 18.2 Å². The second-order valence-electron chi connectivity index (χ2n) is 5.51. The van der Waals surface area contributed by atoms with Crippen LogP contribution in [0.15, 0.2) is 24.3 Å². The molecular weight excluding hydrogens is 284 g/mol. The van der Waals surface area contributed by atoms with Crippen molar-refractivity contribution in [1.29, 1.82) is 0 Å². The van der Waals surface area contributed by atoms with E-state index in [2.05, 4.69) is 12.1 Å². The van der Waals surface area contributed by atoms with Crippen LogP contribution in [-0.4, -0.2) is 45.8 Å². The fraction of sp³-hybridized carbons (Fsp3) is 0.500. The van der Waals surface area contributed by atoms with Gasteiger partial charge >= 0.3 is 0 Å². The Bertz CT molecular complexity index is 561. The first-order valence-electron chi connectivity index (χ1n) is 7.43. The number of benzene rings is 1. The summed E-state index contributed by atoms with van der Waals surface area (Å²) >= 11 is 1.67. The van der Waals surface area contributed by atoms with Gasteiger partial charge in [0.15, 0.2) is 0 Å². The van der Waals surface area contributed by atoms with Gasteiger partial charge in [-0.2, -0.15) is 0 Å². The second-order valence-corrected chi connectivity index (χ2v) is 6.51. The molecule has 2 aliphatic heterocycles. The van der Waals surface area contributed by atoms with Crippen LogP contribution < -0.4 is 0 Å². The number of nitrogens with zero attached hydrogens (tertiary/aromatic N) is 2. The van der Waals surface area contributed by atoms with Gasteiger partial charge in [-0.3, -0.25) is 9.59 Å². The van der Waals surface area contributed by atoms with Crippen LogP contribution in [0.5, 0.6) is 0 Å². The molecule has 0 aliphatic carbocycles. The van der Waals surface area contributed by atoms with Crippen molar-refractivity contribution in [1.82, 2.24) is 9.80 Å². The predicted octanol–water partition coefficient (Wildman–Crippen LogP) is 1.88. The van der Waals surface area contributed by atoms with Crippen LogP contribution in [0.4, 0.5) is 0 Å².